The Morgan fingerprint density at radius 2 is 1.22 bits per heavy atom. The van der Waals surface area contributed by atoms with Crippen LogP contribution in [0.4, 0.5) is 11.4 Å². The molecule has 10 nitrogen and oxygen atoms in total. The minimum Gasteiger partial charge on any atom is -0.496 e. The summed E-state index contributed by atoms with van der Waals surface area (Å²) in [7, 11) is 7.18. The molecule has 0 saturated carbocycles. The van der Waals surface area contributed by atoms with Gasteiger partial charge < -0.3 is 29.9 Å². The number of rotatable bonds is 4. The summed E-state index contributed by atoms with van der Waals surface area (Å²) in [6, 6.07) is 18.1. The van der Waals surface area contributed by atoms with E-state index in [4.69, 9.17) is 33.9 Å². The van der Waals surface area contributed by atoms with Gasteiger partial charge in [-0.2, -0.15) is 0 Å². The van der Waals surface area contributed by atoms with Gasteiger partial charge in [-0.1, -0.05) is 60.8 Å². The maximum atomic E-state index is 12.0. The number of nitrogens with one attached hydrogen (secondary N) is 2. The SMILES string of the molecule is CC1=C(C(=O)Nc2ccccc2)S(=O)(=O)CCO1.CC1=C(C(=O)Nc2ccccc2)SCCO1.CN(C)C(=S)SSC(=S)N(C)C. The van der Waals surface area contributed by atoms with Gasteiger partial charge in [0.25, 0.3) is 11.8 Å². The van der Waals surface area contributed by atoms with Crippen LogP contribution < -0.4 is 10.6 Å². The van der Waals surface area contributed by atoms with Gasteiger partial charge >= 0.3 is 0 Å². The predicted molar refractivity (Wildman–Crippen MR) is 201 cm³/mol. The molecule has 2 aliphatic rings. The predicted octanol–water partition coefficient (Wildman–Crippen LogP) is 5.98. The molecule has 0 bridgehead atoms. The van der Waals surface area contributed by atoms with Crippen molar-refractivity contribution in [2.75, 3.05) is 63.5 Å². The lowest BCUT2D eigenvalue weighted by Gasteiger charge is -2.18. The van der Waals surface area contributed by atoms with Crippen LogP contribution in [0, 0.1) is 0 Å². The number of hydrogen-bond donors (Lipinski definition) is 2. The first-order valence-corrected chi connectivity index (χ1v) is 19.4. The van der Waals surface area contributed by atoms with Crippen LogP contribution in [0.25, 0.3) is 0 Å². The number of sulfone groups is 1. The number of thioether (sulfide) groups is 1. The average Bonchev–Trinajstić information content (AvgIpc) is 3.01. The Hall–Kier alpha value is -2.76. The van der Waals surface area contributed by atoms with Gasteiger partial charge in [0.1, 0.15) is 31.7 Å². The third-order valence-corrected chi connectivity index (χ3v) is 12.8. The summed E-state index contributed by atoms with van der Waals surface area (Å²) in [6.45, 7) is 4.08. The normalized spacial score (nSPS) is 14.9. The molecular weight excluding hydrogens is 705 g/mol. The Bertz CT molecular complexity index is 1510. The number of thiocarbonyl (C=S) groups is 2. The molecular formula is C30H38N4O6S6. The molecule has 0 aliphatic carbocycles. The van der Waals surface area contributed by atoms with Crippen molar-refractivity contribution in [3.63, 3.8) is 0 Å². The van der Waals surface area contributed by atoms with Gasteiger partial charge in [-0.05, 0) is 59.7 Å². The van der Waals surface area contributed by atoms with Crippen LogP contribution in [0.2, 0.25) is 0 Å². The first-order valence-electron chi connectivity index (χ1n) is 13.8. The Balaban J connectivity index is 0.000000246. The topological polar surface area (TPSA) is 117 Å². The van der Waals surface area contributed by atoms with E-state index in [1.807, 2.05) is 75.2 Å². The summed E-state index contributed by atoms with van der Waals surface area (Å²) >= 11 is 11.7. The highest BCUT2D eigenvalue weighted by Crippen LogP contribution is 2.27. The van der Waals surface area contributed by atoms with Crippen molar-refractivity contribution < 1.29 is 27.5 Å². The first kappa shape index (κ1) is 39.4. The molecule has 2 heterocycles. The van der Waals surface area contributed by atoms with Crippen LogP contribution in [0.1, 0.15) is 13.8 Å². The maximum absolute atomic E-state index is 12.0. The number of allylic oxidation sites excluding steroid dienone is 2. The molecule has 0 saturated heterocycles. The first-order chi connectivity index (χ1) is 21.7. The van der Waals surface area contributed by atoms with Gasteiger partial charge in [0.2, 0.25) is 0 Å². The lowest BCUT2D eigenvalue weighted by Crippen LogP contribution is -2.29. The summed E-state index contributed by atoms with van der Waals surface area (Å²) in [5, 5.41) is 5.39. The van der Waals surface area contributed by atoms with Crippen LogP contribution in [-0.4, -0.2) is 91.6 Å². The molecule has 2 aliphatic heterocycles. The lowest BCUT2D eigenvalue weighted by molar-refractivity contribution is -0.113. The maximum Gasteiger partial charge on any atom is 0.270 e. The van der Waals surface area contributed by atoms with Gasteiger partial charge in [0.15, 0.2) is 14.7 Å². The number of carbonyl (C=O) groups is 2. The second kappa shape index (κ2) is 19.8. The zero-order chi connectivity index (χ0) is 34.3. The quantitative estimate of drug-likeness (QED) is 0.283. The number of carbonyl (C=O) groups excluding carboxylic acids is 2. The fraction of sp³-hybridized carbons (Fsp3) is 0.333. The molecule has 4 rings (SSSR count). The molecule has 0 spiro atoms. The van der Waals surface area contributed by atoms with E-state index >= 15 is 0 Å². The zero-order valence-corrected chi connectivity index (χ0v) is 31.3. The molecule has 46 heavy (non-hydrogen) atoms. The van der Waals surface area contributed by atoms with Crippen molar-refractivity contribution in [2.24, 2.45) is 0 Å². The molecule has 250 valence electrons. The molecule has 0 unspecified atom stereocenters. The van der Waals surface area contributed by atoms with E-state index in [0.717, 1.165) is 20.1 Å². The van der Waals surface area contributed by atoms with E-state index in [1.54, 1.807) is 42.1 Å². The van der Waals surface area contributed by atoms with Gasteiger partial charge in [-0.3, -0.25) is 9.59 Å². The fourth-order valence-corrected chi connectivity index (χ4v) is 7.89. The Morgan fingerprint density at radius 1 is 0.761 bits per heavy atom. The molecule has 16 heteroatoms. The van der Waals surface area contributed by atoms with Crippen LogP contribution in [0.15, 0.2) is 82.0 Å². The Morgan fingerprint density at radius 3 is 1.65 bits per heavy atom. The highest BCUT2D eigenvalue weighted by atomic mass is 33.1. The number of para-hydroxylation sites is 2. The molecule has 0 aromatic heterocycles. The van der Waals surface area contributed by atoms with E-state index in [1.165, 1.54) is 28.5 Å². The standard InChI is InChI=1S/C12H13NO4S.C12H13NO2S.C6H12N2S4/c1-9-11(18(15,16)8-7-17-9)12(14)13-10-5-3-2-4-6-10;1-9-11(16-8-7-15-9)12(14)13-10-5-3-2-4-6-10;1-7(2)5(9)11-12-6(10)8(3)4/h2-6H,7-8H2,1H3,(H,13,14);2-6H,7-8H2,1H3,(H,13,14);1-4H3. The minimum atomic E-state index is -3.55. The number of hydrogen-bond acceptors (Lipinski definition) is 11. The van der Waals surface area contributed by atoms with Crippen molar-refractivity contribution >= 4 is 99.5 Å². The Labute approximate surface area is 294 Å². The van der Waals surface area contributed by atoms with Crippen LogP contribution in [-0.2, 0) is 28.9 Å². The highest BCUT2D eigenvalue weighted by Gasteiger charge is 2.32. The highest BCUT2D eigenvalue weighted by molar-refractivity contribution is 8.89. The van der Waals surface area contributed by atoms with Crippen molar-refractivity contribution in [2.45, 2.75) is 13.8 Å². The van der Waals surface area contributed by atoms with Crippen molar-refractivity contribution in [3.05, 3.63) is 82.0 Å². The van der Waals surface area contributed by atoms with Crippen molar-refractivity contribution in [1.82, 2.24) is 9.80 Å². The molecule has 0 atom stereocenters. The van der Waals surface area contributed by atoms with E-state index in [9.17, 15) is 18.0 Å². The number of anilines is 2. The molecule has 0 fully saturated rings. The van der Waals surface area contributed by atoms with Gasteiger partial charge in [0, 0.05) is 45.3 Å². The third-order valence-electron chi connectivity index (χ3n) is 5.66. The molecule has 2 aromatic carbocycles. The van der Waals surface area contributed by atoms with Gasteiger partial charge in [-0.15, -0.1) is 11.8 Å². The zero-order valence-electron chi connectivity index (χ0n) is 26.4. The smallest absolute Gasteiger partial charge is 0.270 e. The van der Waals surface area contributed by atoms with Gasteiger partial charge in [0.05, 0.1) is 12.4 Å². The summed E-state index contributed by atoms with van der Waals surface area (Å²) < 4.78 is 35.8. The van der Waals surface area contributed by atoms with Gasteiger partial charge in [-0.25, -0.2) is 8.42 Å². The number of amides is 2. The number of ether oxygens (including phenoxy) is 2. The second-order valence-electron chi connectivity index (χ2n) is 9.76. The summed E-state index contributed by atoms with van der Waals surface area (Å²) in [6.07, 6.45) is 0. The van der Waals surface area contributed by atoms with Crippen molar-refractivity contribution in [3.8, 4) is 0 Å². The monoisotopic (exact) mass is 742 g/mol. The third kappa shape index (κ3) is 13.5. The fourth-order valence-electron chi connectivity index (χ4n) is 3.36. The van der Waals surface area contributed by atoms with Crippen LogP contribution in [0.5, 0.6) is 0 Å². The number of nitrogens with zero attached hydrogens (tertiary/aromatic N) is 2. The summed E-state index contributed by atoms with van der Waals surface area (Å²) in [4.78, 5) is 28.1. The second-order valence-corrected chi connectivity index (χ2v) is 16.3. The summed E-state index contributed by atoms with van der Waals surface area (Å²) in [5.41, 5.74) is 1.35. The molecule has 2 amide bonds. The van der Waals surface area contributed by atoms with E-state index in [2.05, 4.69) is 10.6 Å². The summed E-state index contributed by atoms with van der Waals surface area (Å²) in [5.74, 6) is 0.780. The average molecular weight is 743 g/mol. The van der Waals surface area contributed by atoms with E-state index < -0.39 is 15.7 Å². The molecule has 2 N–H and O–H groups in total. The van der Waals surface area contributed by atoms with E-state index in [0.29, 0.717) is 23.0 Å². The number of benzene rings is 2. The van der Waals surface area contributed by atoms with Crippen LogP contribution >= 0.6 is 57.8 Å². The lowest BCUT2D eigenvalue weighted by atomic mass is 10.3. The minimum absolute atomic E-state index is 0.0894. The van der Waals surface area contributed by atoms with Crippen LogP contribution in [0.3, 0.4) is 0 Å². The van der Waals surface area contributed by atoms with Crippen molar-refractivity contribution in [1.29, 1.82) is 0 Å². The van der Waals surface area contributed by atoms with E-state index in [-0.39, 0.29) is 28.9 Å². The molecule has 2 aromatic rings. The molecule has 0 radical (unpaired) electrons. The largest absolute Gasteiger partial charge is 0.496 e. The Kier molecular flexibility index (Phi) is 17.0.